The Bertz CT molecular complexity index is 635. The van der Waals surface area contributed by atoms with Gasteiger partial charge in [0.05, 0.1) is 17.2 Å². The minimum absolute atomic E-state index is 0.166. The van der Waals surface area contributed by atoms with E-state index in [1.165, 1.54) is 0 Å². The van der Waals surface area contributed by atoms with Crippen molar-refractivity contribution in [1.29, 1.82) is 5.26 Å². The smallest absolute Gasteiger partial charge is 0.405 e. The van der Waals surface area contributed by atoms with Crippen LogP contribution in [-0.2, 0) is 0 Å². The first kappa shape index (κ1) is 21.4. The van der Waals surface area contributed by atoms with Gasteiger partial charge in [0.1, 0.15) is 11.9 Å². The summed E-state index contributed by atoms with van der Waals surface area (Å²) in [5.41, 5.74) is -0.298. The molecule has 0 atom stereocenters. The molecule has 0 aliphatic rings. The van der Waals surface area contributed by atoms with E-state index in [4.69, 9.17) is 21.6 Å². The van der Waals surface area contributed by atoms with Gasteiger partial charge in [0.15, 0.2) is 11.6 Å². The van der Waals surface area contributed by atoms with Crippen LogP contribution < -0.4 is 10.1 Å². The van der Waals surface area contributed by atoms with Crippen LogP contribution in [0.15, 0.2) is 12.1 Å². The van der Waals surface area contributed by atoms with Gasteiger partial charge in [-0.15, -0.1) is 0 Å². The Kier molecular flexibility index (Phi) is 8.86. The van der Waals surface area contributed by atoms with Crippen molar-refractivity contribution in [2.24, 2.45) is 0 Å². The molecular weight excluding hydrogens is 384 g/mol. The largest absolute Gasteiger partial charge is 0.490 e. The number of hydrogen-bond acceptors (Lipinski definition) is 4. The van der Waals surface area contributed by atoms with E-state index in [9.17, 15) is 22.4 Å². The summed E-state index contributed by atoms with van der Waals surface area (Å²) in [6, 6.07) is 1.80. The summed E-state index contributed by atoms with van der Waals surface area (Å²) in [5, 5.41) is 11.7. The number of halogens is 5. The second kappa shape index (κ2) is 10.4. The molecule has 1 aromatic carbocycles. The molecule has 4 nitrogen and oxygen atoms in total. The summed E-state index contributed by atoms with van der Waals surface area (Å²) in [7, 11) is 0. The van der Waals surface area contributed by atoms with E-state index < -0.39 is 24.4 Å². The Morgan fingerprint density at radius 3 is 2.68 bits per heavy atom. The van der Waals surface area contributed by atoms with Gasteiger partial charge in [0, 0.05) is 5.75 Å². The lowest BCUT2D eigenvalue weighted by atomic mass is 10.2. The van der Waals surface area contributed by atoms with Crippen LogP contribution >= 0.6 is 23.4 Å². The maximum atomic E-state index is 13.8. The molecule has 1 aromatic rings. The lowest BCUT2D eigenvalue weighted by Crippen LogP contribution is -2.33. The predicted molar refractivity (Wildman–Crippen MR) is 87.2 cm³/mol. The van der Waals surface area contributed by atoms with E-state index in [1.54, 1.807) is 5.32 Å². The van der Waals surface area contributed by atoms with E-state index in [0.29, 0.717) is 12.2 Å². The molecule has 0 unspecified atom stereocenters. The van der Waals surface area contributed by atoms with Gasteiger partial charge in [0.2, 0.25) is 0 Å². The van der Waals surface area contributed by atoms with Gasteiger partial charge in [-0.2, -0.15) is 18.4 Å². The fourth-order valence-electron chi connectivity index (χ4n) is 1.77. The predicted octanol–water partition coefficient (Wildman–Crippen LogP) is 4.53. The van der Waals surface area contributed by atoms with Gasteiger partial charge in [-0.05, 0) is 43.2 Å². The number of alkyl halides is 3. The van der Waals surface area contributed by atoms with E-state index in [0.717, 1.165) is 36.7 Å². The minimum Gasteiger partial charge on any atom is -0.490 e. The third-order valence-corrected chi connectivity index (χ3v) is 3.86. The second-order valence-corrected chi connectivity index (χ2v) is 6.20. The van der Waals surface area contributed by atoms with Crippen LogP contribution in [0.2, 0.25) is 5.02 Å². The summed E-state index contributed by atoms with van der Waals surface area (Å²) in [4.78, 5) is 11.8. The highest BCUT2D eigenvalue weighted by Crippen LogP contribution is 2.26. The first-order valence-electron chi connectivity index (χ1n) is 7.22. The van der Waals surface area contributed by atoms with Crippen LogP contribution in [0, 0.1) is 16.5 Å². The first-order chi connectivity index (χ1) is 11.7. The fourth-order valence-corrected chi connectivity index (χ4v) is 2.45. The molecule has 0 fully saturated rings. The van der Waals surface area contributed by atoms with Crippen LogP contribution in [0.4, 0.5) is 17.6 Å². The zero-order valence-electron chi connectivity index (χ0n) is 13.0. The molecular formula is C15H15ClF4N2O2S. The van der Waals surface area contributed by atoms with Gasteiger partial charge >= 0.3 is 6.18 Å². The number of carbonyl (C=O) groups excluding carboxylic acids is 1. The Labute approximate surface area is 151 Å². The number of nitrogens with one attached hydrogen (secondary N) is 1. The molecule has 0 aliphatic carbocycles. The number of amides is 1. The Morgan fingerprint density at radius 2 is 2.04 bits per heavy atom. The SMILES string of the molecule is N#CSCCCCCOc1cc(C(=O)NCC(F)(F)F)c(Cl)cc1F. The number of thioether (sulfide) groups is 1. The quantitative estimate of drug-likeness (QED) is 0.377. The molecule has 0 spiro atoms. The molecule has 0 saturated heterocycles. The number of unbranched alkanes of at least 4 members (excludes halogenated alkanes) is 2. The van der Waals surface area contributed by atoms with Gasteiger partial charge in [0.25, 0.3) is 5.91 Å². The molecule has 0 aromatic heterocycles. The summed E-state index contributed by atoms with van der Waals surface area (Å²) in [6.45, 7) is -1.35. The van der Waals surface area contributed by atoms with Crippen LogP contribution in [0.5, 0.6) is 5.75 Å². The van der Waals surface area contributed by atoms with Crippen LogP contribution in [-0.4, -0.2) is 31.0 Å². The summed E-state index contributed by atoms with van der Waals surface area (Å²) >= 11 is 6.86. The molecule has 0 radical (unpaired) electrons. The number of thiocyanates is 1. The monoisotopic (exact) mass is 398 g/mol. The van der Waals surface area contributed by atoms with Crippen molar-refractivity contribution in [2.75, 3.05) is 18.9 Å². The van der Waals surface area contributed by atoms with E-state index in [2.05, 4.69) is 0 Å². The van der Waals surface area contributed by atoms with Crippen molar-refractivity contribution in [3.8, 4) is 11.2 Å². The molecule has 0 saturated carbocycles. The number of carbonyl (C=O) groups is 1. The number of hydrogen-bond donors (Lipinski definition) is 1. The molecule has 1 rings (SSSR count). The second-order valence-electron chi connectivity index (χ2n) is 4.91. The van der Waals surface area contributed by atoms with E-state index in [-0.39, 0.29) is 22.9 Å². The average molecular weight is 399 g/mol. The summed E-state index contributed by atoms with van der Waals surface area (Å²) in [6.07, 6.45) is -2.40. The summed E-state index contributed by atoms with van der Waals surface area (Å²) in [5.74, 6) is -1.44. The Hall–Kier alpha value is -1.66. The number of nitrogens with zero attached hydrogens (tertiary/aromatic N) is 1. The molecule has 1 N–H and O–H groups in total. The molecule has 0 aliphatic heterocycles. The highest BCUT2D eigenvalue weighted by atomic mass is 35.5. The number of ether oxygens (including phenoxy) is 1. The molecule has 1 amide bonds. The molecule has 0 bridgehead atoms. The number of nitriles is 1. The Morgan fingerprint density at radius 1 is 1.32 bits per heavy atom. The number of benzene rings is 1. The maximum Gasteiger partial charge on any atom is 0.405 e. The highest BCUT2D eigenvalue weighted by molar-refractivity contribution is 8.03. The van der Waals surface area contributed by atoms with Crippen LogP contribution in [0.3, 0.4) is 0 Å². The lowest BCUT2D eigenvalue weighted by molar-refractivity contribution is -0.123. The van der Waals surface area contributed by atoms with Crippen molar-refractivity contribution in [3.63, 3.8) is 0 Å². The van der Waals surface area contributed by atoms with Crippen molar-refractivity contribution in [2.45, 2.75) is 25.4 Å². The third kappa shape index (κ3) is 8.31. The zero-order valence-corrected chi connectivity index (χ0v) is 14.5. The number of rotatable bonds is 9. The van der Waals surface area contributed by atoms with Gasteiger partial charge < -0.3 is 10.1 Å². The van der Waals surface area contributed by atoms with Crippen molar-refractivity contribution in [3.05, 3.63) is 28.5 Å². The molecule has 0 heterocycles. The van der Waals surface area contributed by atoms with Crippen LogP contribution in [0.1, 0.15) is 29.6 Å². The van der Waals surface area contributed by atoms with Gasteiger partial charge in [-0.1, -0.05) is 11.6 Å². The zero-order chi connectivity index (χ0) is 18.9. The van der Waals surface area contributed by atoms with Gasteiger partial charge in [-0.25, -0.2) is 4.39 Å². The van der Waals surface area contributed by atoms with Crippen LogP contribution in [0.25, 0.3) is 0 Å². The van der Waals surface area contributed by atoms with E-state index in [1.807, 2.05) is 5.40 Å². The highest BCUT2D eigenvalue weighted by Gasteiger charge is 2.28. The normalized spacial score (nSPS) is 11.0. The lowest BCUT2D eigenvalue weighted by Gasteiger charge is -2.12. The topological polar surface area (TPSA) is 62.1 Å². The standard InChI is InChI=1S/C15H15ClF4N2O2S/c16-11-7-12(17)13(24-4-2-1-3-5-25-9-21)6-10(11)14(23)22-8-15(18,19)20/h6-7H,1-5,8H2,(H,22,23). The average Bonchev–Trinajstić information content (AvgIpc) is 2.52. The van der Waals surface area contributed by atoms with Crippen molar-refractivity contribution < 1.29 is 27.1 Å². The minimum atomic E-state index is -4.56. The molecule has 25 heavy (non-hydrogen) atoms. The van der Waals surface area contributed by atoms with Gasteiger partial charge in [-0.3, -0.25) is 4.79 Å². The molecule has 138 valence electrons. The third-order valence-electron chi connectivity index (χ3n) is 2.93. The van der Waals surface area contributed by atoms with Crippen molar-refractivity contribution in [1.82, 2.24) is 5.32 Å². The fraction of sp³-hybridized carbons (Fsp3) is 0.467. The van der Waals surface area contributed by atoms with Crippen molar-refractivity contribution >= 4 is 29.3 Å². The maximum absolute atomic E-state index is 13.8. The first-order valence-corrected chi connectivity index (χ1v) is 8.58. The van der Waals surface area contributed by atoms with E-state index >= 15 is 0 Å². The molecule has 10 heteroatoms. The summed E-state index contributed by atoms with van der Waals surface area (Å²) < 4.78 is 55.4. The Balaban J connectivity index is 2.60.